The molecule has 0 radical (unpaired) electrons. The molecule has 1 saturated carbocycles. The molecular formula is C13H17N3O. The van der Waals surface area contributed by atoms with Gasteiger partial charge in [-0.3, -0.25) is 4.79 Å². The predicted octanol–water partition coefficient (Wildman–Crippen LogP) is 1.27. The van der Waals surface area contributed by atoms with Gasteiger partial charge in [-0.1, -0.05) is 18.7 Å². The third-order valence-corrected chi connectivity index (χ3v) is 3.16. The standard InChI is InChI=1S/C13H17N3O/c1-3-5-10(14)9(4-2)11-12(17)16-13(6-7-13)8-15-11/h3-5,14-15H,2,6-8H2,1H3,(H,16,17)/b5-3-,11-9-,14-10?. The highest BCUT2D eigenvalue weighted by Gasteiger charge is 2.47. The predicted molar refractivity (Wildman–Crippen MR) is 67.9 cm³/mol. The zero-order valence-electron chi connectivity index (χ0n) is 9.97. The van der Waals surface area contributed by atoms with Crippen LogP contribution in [0.3, 0.4) is 0 Å². The number of rotatable bonds is 3. The second-order valence-corrected chi connectivity index (χ2v) is 4.49. The van der Waals surface area contributed by atoms with Gasteiger partial charge in [0.1, 0.15) is 5.70 Å². The molecule has 1 heterocycles. The summed E-state index contributed by atoms with van der Waals surface area (Å²) in [4.78, 5) is 12.0. The molecule has 4 nitrogen and oxygen atoms in total. The third-order valence-electron chi connectivity index (χ3n) is 3.16. The highest BCUT2D eigenvalue weighted by Crippen LogP contribution is 2.36. The number of carbonyl (C=O) groups is 1. The fraction of sp³-hybridized carbons (Fsp3) is 0.385. The largest absolute Gasteiger partial charge is 0.378 e. The van der Waals surface area contributed by atoms with Crippen molar-refractivity contribution in [2.45, 2.75) is 25.3 Å². The van der Waals surface area contributed by atoms with Gasteiger partial charge in [-0.25, -0.2) is 0 Å². The molecule has 2 rings (SSSR count). The van der Waals surface area contributed by atoms with Crippen LogP contribution < -0.4 is 10.6 Å². The Morgan fingerprint density at radius 2 is 2.24 bits per heavy atom. The van der Waals surface area contributed by atoms with Crippen LogP contribution in [0.4, 0.5) is 0 Å². The van der Waals surface area contributed by atoms with E-state index in [0.29, 0.717) is 17.0 Å². The molecule has 0 bridgehead atoms. The molecule has 4 heteroatoms. The summed E-state index contributed by atoms with van der Waals surface area (Å²) in [5.74, 6) is -0.127. The fourth-order valence-electron chi connectivity index (χ4n) is 1.96. The van der Waals surface area contributed by atoms with Crippen molar-refractivity contribution in [3.8, 4) is 0 Å². The van der Waals surface area contributed by atoms with E-state index in [4.69, 9.17) is 5.41 Å². The van der Waals surface area contributed by atoms with Crippen molar-refractivity contribution in [2.24, 2.45) is 0 Å². The van der Waals surface area contributed by atoms with Gasteiger partial charge >= 0.3 is 0 Å². The van der Waals surface area contributed by atoms with Gasteiger partial charge in [0.25, 0.3) is 5.91 Å². The molecule has 2 fully saturated rings. The van der Waals surface area contributed by atoms with Gasteiger partial charge in [0.05, 0.1) is 11.3 Å². The molecule has 2 aliphatic rings. The minimum absolute atomic E-state index is 0.0182. The third kappa shape index (κ3) is 2.16. The molecule has 0 unspecified atom stereocenters. The summed E-state index contributed by atoms with van der Waals surface area (Å²) in [5.41, 5.74) is 1.29. The molecule has 1 saturated heterocycles. The smallest absolute Gasteiger partial charge is 0.268 e. The zero-order valence-corrected chi connectivity index (χ0v) is 9.97. The molecule has 0 atom stereocenters. The number of hydrogen-bond acceptors (Lipinski definition) is 3. The number of amides is 1. The maximum atomic E-state index is 12.0. The van der Waals surface area contributed by atoms with Crippen LogP contribution in [-0.2, 0) is 4.79 Å². The minimum atomic E-state index is -0.127. The lowest BCUT2D eigenvalue weighted by Gasteiger charge is -2.27. The normalized spacial score (nSPS) is 24.2. The quantitative estimate of drug-likeness (QED) is 0.506. The van der Waals surface area contributed by atoms with E-state index in [-0.39, 0.29) is 11.4 Å². The first-order valence-electron chi connectivity index (χ1n) is 5.76. The average molecular weight is 231 g/mol. The average Bonchev–Trinajstić information content (AvgIpc) is 3.03. The van der Waals surface area contributed by atoms with Crippen LogP contribution in [0.25, 0.3) is 0 Å². The molecular weight excluding hydrogens is 214 g/mol. The lowest BCUT2D eigenvalue weighted by atomic mass is 10.0. The van der Waals surface area contributed by atoms with E-state index in [0.717, 1.165) is 19.4 Å². The molecule has 3 N–H and O–H groups in total. The number of allylic oxidation sites excluding steroid dienone is 4. The Labute approximate surface area is 101 Å². The van der Waals surface area contributed by atoms with Gasteiger partial charge < -0.3 is 16.0 Å². The van der Waals surface area contributed by atoms with Gasteiger partial charge in [0, 0.05) is 12.1 Å². The molecule has 0 aromatic rings. The Kier molecular flexibility index (Phi) is 2.88. The Morgan fingerprint density at radius 3 is 2.71 bits per heavy atom. The summed E-state index contributed by atoms with van der Waals surface area (Å²) in [6, 6.07) is 0. The topological polar surface area (TPSA) is 65.0 Å². The van der Waals surface area contributed by atoms with Crippen LogP contribution >= 0.6 is 0 Å². The summed E-state index contributed by atoms with van der Waals surface area (Å²) < 4.78 is 0. The highest BCUT2D eigenvalue weighted by molar-refractivity contribution is 6.13. The van der Waals surface area contributed by atoms with Gasteiger partial charge in [0.2, 0.25) is 0 Å². The molecule has 0 aromatic carbocycles. The van der Waals surface area contributed by atoms with Gasteiger partial charge in [0.15, 0.2) is 0 Å². The zero-order chi connectivity index (χ0) is 12.5. The molecule has 1 spiro atoms. The van der Waals surface area contributed by atoms with Crippen molar-refractivity contribution in [2.75, 3.05) is 6.54 Å². The number of hydrogen-bond donors (Lipinski definition) is 3. The maximum Gasteiger partial charge on any atom is 0.268 e. The van der Waals surface area contributed by atoms with Crippen LogP contribution in [0.2, 0.25) is 0 Å². The summed E-state index contributed by atoms with van der Waals surface area (Å²) in [5, 5.41) is 14.0. The summed E-state index contributed by atoms with van der Waals surface area (Å²) in [7, 11) is 0. The Morgan fingerprint density at radius 1 is 1.53 bits per heavy atom. The molecule has 90 valence electrons. The van der Waals surface area contributed by atoms with Crippen molar-refractivity contribution in [3.05, 3.63) is 36.1 Å². The SMILES string of the molecule is C=C/C(C(=N)/C=C\C)=C1/NCC2(CC2)NC1=O. The molecule has 0 aromatic heterocycles. The van der Waals surface area contributed by atoms with Gasteiger partial charge in [-0.05, 0) is 25.8 Å². The van der Waals surface area contributed by atoms with Crippen molar-refractivity contribution in [1.29, 1.82) is 5.41 Å². The Balaban J connectivity index is 2.26. The van der Waals surface area contributed by atoms with Gasteiger partial charge in [-0.2, -0.15) is 0 Å². The van der Waals surface area contributed by atoms with Crippen LogP contribution in [0.5, 0.6) is 0 Å². The molecule has 1 aliphatic carbocycles. The second-order valence-electron chi connectivity index (χ2n) is 4.49. The minimum Gasteiger partial charge on any atom is -0.378 e. The summed E-state index contributed by atoms with van der Waals surface area (Å²) in [6.45, 7) is 6.26. The Bertz CT molecular complexity index is 442. The van der Waals surface area contributed by atoms with E-state index in [2.05, 4.69) is 17.2 Å². The van der Waals surface area contributed by atoms with E-state index in [9.17, 15) is 4.79 Å². The molecule has 1 aliphatic heterocycles. The van der Waals surface area contributed by atoms with Crippen molar-refractivity contribution in [3.63, 3.8) is 0 Å². The lowest BCUT2D eigenvalue weighted by molar-refractivity contribution is -0.119. The molecule has 17 heavy (non-hydrogen) atoms. The first-order chi connectivity index (χ1) is 8.12. The Hall–Kier alpha value is -1.84. The van der Waals surface area contributed by atoms with E-state index in [1.807, 2.05) is 6.92 Å². The number of piperazine rings is 1. The van der Waals surface area contributed by atoms with E-state index in [1.54, 1.807) is 18.2 Å². The first kappa shape index (κ1) is 11.6. The fourth-order valence-corrected chi connectivity index (χ4v) is 1.96. The van der Waals surface area contributed by atoms with Gasteiger partial charge in [-0.15, -0.1) is 0 Å². The summed E-state index contributed by atoms with van der Waals surface area (Å²) in [6.07, 6.45) is 7.05. The lowest BCUT2D eigenvalue weighted by Crippen LogP contribution is -2.53. The number of carbonyl (C=O) groups excluding carboxylic acids is 1. The summed E-state index contributed by atoms with van der Waals surface area (Å²) >= 11 is 0. The van der Waals surface area contributed by atoms with E-state index in [1.165, 1.54) is 0 Å². The highest BCUT2D eigenvalue weighted by atomic mass is 16.2. The maximum absolute atomic E-state index is 12.0. The number of nitrogens with one attached hydrogen (secondary N) is 3. The van der Waals surface area contributed by atoms with E-state index < -0.39 is 0 Å². The van der Waals surface area contributed by atoms with Crippen LogP contribution in [0.15, 0.2) is 36.1 Å². The second kappa shape index (κ2) is 4.20. The van der Waals surface area contributed by atoms with Crippen molar-refractivity contribution >= 4 is 11.6 Å². The van der Waals surface area contributed by atoms with Crippen LogP contribution in [0.1, 0.15) is 19.8 Å². The first-order valence-corrected chi connectivity index (χ1v) is 5.76. The molecule has 1 amide bonds. The van der Waals surface area contributed by atoms with Crippen LogP contribution in [0, 0.1) is 5.41 Å². The van der Waals surface area contributed by atoms with Crippen molar-refractivity contribution in [1.82, 2.24) is 10.6 Å². The van der Waals surface area contributed by atoms with Crippen LogP contribution in [-0.4, -0.2) is 23.7 Å². The van der Waals surface area contributed by atoms with E-state index >= 15 is 0 Å². The van der Waals surface area contributed by atoms with Crippen molar-refractivity contribution < 1.29 is 4.79 Å². The monoisotopic (exact) mass is 231 g/mol.